The first-order chi connectivity index (χ1) is 10.1. The summed E-state index contributed by atoms with van der Waals surface area (Å²) in [5.41, 5.74) is 0.531. The number of benzene rings is 1. The van der Waals surface area contributed by atoms with Crippen molar-refractivity contribution >= 4 is 24.0 Å². The van der Waals surface area contributed by atoms with Crippen molar-refractivity contribution in [1.82, 2.24) is 10.2 Å². The zero-order chi connectivity index (χ0) is 15.2. The standard InChI is InChI=1S/C15H21N3O3.ClH/c1-2-11-17(13-7-9-16-10-8-13)15(19)12-3-5-14(6-4-12)18(20)21;/h3-6,13,16H,2,7-11H2,1H3;1H. The van der Waals surface area contributed by atoms with Crippen molar-refractivity contribution in [1.29, 1.82) is 0 Å². The van der Waals surface area contributed by atoms with E-state index in [2.05, 4.69) is 12.2 Å². The van der Waals surface area contributed by atoms with Crippen LogP contribution in [0.2, 0.25) is 0 Å². The smallest absolute Gasteiger partial charge is 0.269 e. The van der Waals surface area contributed by atoms with E-state index in [-0.39, 0.29) is 30.0 Å². The highest BCUT2D eigenvalue weighted by molar-refractivity contribution is 5.94. The van der Waals surface area contributed by atoms with Crippen LogP contribution in [0.5, 0.6) is 0 Å². The average molecular weight is 328 g/mol. The Hall–Kier alpha value is -1.66. The van der Waals surface area contributed by atoms with Gasteiger partial charge in [0.2, 0.25) is 0 Å². The van der Waals surface area contributed by atoms with E-state index in [9.17, 15) is 14.9 Å². The molecular formula is C15H22ClN3O3. The van der Waals surface area contributed by atoms with Gasteiger partial charge in [0, 0.05) is 30.3 Å². The Kier molecular flexibility index (Phi) is 7.27. The number of rotatable bonds is 5. The van der Waals surface area contributed by atoms with Crippen LogP contribution in [-0.4, -0.2) is 41.4 Å². The number of halogens is 1. The summed E-state index contributed by atoms with van der Waals surface area (Å²) in [6.45, 7) is 4.63. The van der Waals surface area contributed by atoms with Gasteiger partial charge in [0.15, 0.2) is 0 Å². The van der Waals surface area contributed by atoms with Crippen LogP contribution in [0.15, 0.2) is 24.3 Å². The fourth-order valence-corrected chi connectivity index (χ4v) is 2.70. The molecule has 0 aliphatic carbocycles. The zero-order valence-corrected chi connectivity index (χ0v) is 13.5. The number of carbonyl (C=O) groups is 1. The van der Waals surface area contributed by atoms with Gasteiger partial charge in [-0.3, -0.25) is 14.9 Å². The normalized spacial score (nSPS) is 15.0. The second-order valence-corrected chi connectivity index (χ2v) is 5.28. The van der Waals surface area contributed by atoms with Gasteiger partial charge in [0.05, 0.1) is 4.92 Å². The van der Waals surface area contributed by atoms with Gasteiger partial charge in [-0.2, -0.15) is 0 Å². The van der Waals surface area contributed by atoms with E-state index >= 15 is 0 Å². The fraction of sp³-hybridized carbons (Fsp3) is 0.533. The number of piperidine rings is 1. The number of nitro groups is 1. The molecule has 1 fully saturated rings. The van der Waals surface area contributed by atoms with E-state index in [1.165, 1.54) is 12.1 Å². The molecule has 1 aliphatic heterocycles. The lowest BCUT2D eigenvalue weighted by atomic mass is 10.0. The molecule has 0 unspecified atom stereocenters. The van der Waals surface area contributed by atoms with Crippen LogP contribution in [0.4, 0.5) is 5.69 Å². The van der Waals surface area contributed by atoms with Gasteiger partial charge in [-0.15, -0.1) is 12.4 Å². The summed E-state index contributed by atoms with van der Waals surface area (Å²) in [6, 6.07) is 6.13. The molecule has 6 nitrogen and oxygen atoms in total. The maximum absolute atomic E-state index is 12.7. The quantitative estimate of drug-likeness (QED) is 0.666. The van der Waals surface area contributed by atoms with Crippen molar-refractivity contribution in [3.8, 4) is 0 Å². The second kappa shape index (κ2) is 8.70. The number of carbonyl (C=O) groups excluding carboxylic acids is 1. The summed E-state index contributed by atoms with van der Waals surface area (Å²) in [6.07, 6.45) is 2.82. The lowest BCUT2D eigenvalue weighted by Gasteiger charge is -2.34. The predicted octanol–water partition coefficient (Wildman–Crippen LogP) is 2.62. The zero-order valence-electron chi connectivity index (χ0n) is 12.7. The van der Waals surface area contributed by atoms with Gasteiger partial charge in [-0.1, -0.05) is 6.92 Å². The van der Waals surface area contributed by atoms with Crippen molar-refractivity contribution in [2.24, 2.45) is 0 Å². The first-order valence-electron chi connectivity index (χ1n) is 7.39. The molecule has 22 heavy (non-hydrogen) atoms. The third-order valence-corrected chi connectivity index (χ3v) is 3.80. The largest absolute Gasteiger partial charge is 0.336 e. The van der Waals surface area contributed by atoms with Crippen LogP contribution in [0.25, 0.3) is 0 Å². The SMILES string of the molecule is CCCN(C(=O)c1ccc([N+](=O)[O-])cc1)C1CCNCC1.Cl. The molecule has 1 aromatic rings. The van der Waals surface area contributed by atoms with E-state index in [4.69, 9.17) is 0 Å². The second-order valence-electron chi connectivity index (χ2n) is 5.28. The number of nitro benzene ring substituents is 1. The highest BCUT2D eigenvalue weighted by Gasteiger charge is 2.25. The molecule has 2 rings (SSSR count). The molecule has 1 N–H and O–H groups in total. The summed E-state index contributed by atoms with van der Waals surface area (Å²) in [7, 11) is 0. The lowest BCUT2D eigenvalue weighted by Crippen LogP contribution is -2.46. The van der Waals surface area contributed by atoms with Crippen molar-refractivity contribution < 1.29 is 9.72 Å². The predicted molar refractivity (Wildman–Crippen MR) is 87.6 cm³/mol. The van der Waals surface area contributed by atoms with Crippen molar-refractivity contribution in [2.75, 3.05) is 19.6 Å². The molecule has 0 radical (unpaired) electrons. The third-order valence-electron chi connectivity index (χ3n) is 3.80. The highest BCUT2D eigenvalue weighted by atomic mass is 35.5. The molecule has 7 heteroatoms. The third kappa shape index (κ3) is 4.42. The number of amides is 1. The lowest BCUT2D eigenvalue weighted by molar-refractivity contribution is -0.384. The molecule has 1 amide bonds. The first kappa shape index (κ1) is 18.4. The number of nitrogens with one attached hydrogen (secondary N) is 1. The molecule has 0 bridgehead atoms. The van der Waals surface area contributed by atoms with E-state index in [1.54, 1.807) is 12.1 Å². The van der Waals surface area contributed by atoms with Gasteiger partial charge in [-0.05, 0) is 44.5 Å². The van der Waals surface area contributed by atoms with Crippen molar-refractivity contribution in [3.05, 3.63) is 39.9 Å². The minimum Gasteiger partial charge on any atom is -0.336 e. The summed E-state index contributed by atoms with van der Waals surface area (Å²) in [5.74, 6) is -0.0290. The fourth-order valence-electron chi connectivity index (χ4n) is 2.70. The van der Waals surface area contributed by atoms with Crippen molar-refractivity contribution in [2.45, 2.75) is 32.2 Å². The molecule has 0 spiro atoms. The summed E-state index contributed by atoms with van der Waals surface area (Å²) in [5, 5.41) is 14.0. The Morgan fingerprint density at radius 1 is 1.32 bits per heavy atom. The molecule has 1 aromatic carbocycles. The minimum atomic E-state index is -0.453. The Morgan fingerprint density at radius 3 is 2.41 bits per heavy atom. The molecule has 1 saturated heterocycles. The van der Waals surface area contributed by atoms with Gasteiger partial charge in [0.1, 0.15) is 0 Å². The average Bonchev–Trinajstić information content (AvgIpc) is 2.53. The van der Waals surface area contributed by atoms with Gasteiger partial charge >= 0.3 is 0 Å². The Labute approximate surface area is 136 Å². The van der Waals surface area contributed by atoms with Crippen LogP contribution in [0.1, 0.15) is 36.5 Å². The van der Waals surface area contributed by atoms with E-state index in [0.717, 1.165) is 38.9 Å². The number of hydrogen-bond acceptors (Lipinski definition) is 4. The first-order valence-corrected chi connectivity index (χ1v) is 7.39. The van der Waals surface area contributed by atoms with E-state index in [1.807, 2.05) is 4.90 Å². The molecule has 1 heterocycles. The van der Waals surface area contributed by atoms with Crippen LogP contribution < -0.4 is 5.32 Å². The molecular weight excluding hydrogens is 306 g/mol. The summed E-state index contributed by atoms with van der Waals surface area (Å²) in [4.78, 5) is 24.8. The van der Waals surface area contributed by atoms with Gasteiger partial charge in [0.25, 0.3) is 11.6 Å². The Balaban J connectivity index is 0.00000242. The van der Waals surface area contributed by atoms with Crippen LogP contribution in [0, 0.1) is 10.1 Å². The molecule has 122 valence electrons. The summed E-state index contributed by atoms with van der Waals surface area (Å²) < 4.78 is 0. The van der Waals surface area contributed by atoms with Crippen LogP contribution in [0.3, 0.4) is 0 Å². The van der Waals surface area contributed by atoms with Crippen molar-refractivity contribution in [3.63, 3.8) is 0 Å². The maximum Gasteiger partial charge on any atom is 0.269 e. The van der Waals surface area contributed by atoms with Crippen LogP contribution >= 0.6 is 12.4 Å². The van der Waals surface area contributed by atoms with E-state index in [0.29, 0.717) is 5.56 Å². The molecule has 1 aliphatic rings. The molecule has 0 saturated carbocycles. The van der Waals surface area contributed by atoms with Gasteiger partial charge in [-0.25, -0.2) is 0 Å². The Morgan fingerprint density at radius 2 is 1.91 bits per heavy atom. The Bertz CT molecular complexity index is 501. The van der Waals surface area contributed by atoms with Gasteiger partial charge < -0.3 is 10.2 Å². The van der Waals surface area contributed by atoms with Crippen LogP contribution in [-0.2, 0) is 0 Å². The monoisotopic (exact) mass is 327 g/mol. The number of non-ortho nitro benzene ring substituents is 1. The molecule has 0 aromatic heterocycles. The highest BCUT2D eigenvalue weighted by Crippen LogP contribution is 2.18. The summed E-state index contributed by atoms with van der Waals surface area (Å²) >= 11 is 0. The number of nitrogens with zero attached hydrogens (tertiary/aromatic N) is 2. The maximum atomic E-state index is 12.7. The number of hydrogen-bond donors (Lipinski definition) is 1. The molecule has 0 atom stereocenters. The van der Waals surface area contributed by atoms with E-state index < -0.39 is 4.92 Å². The topological polar surface area (TPSA) is 75.5 Å². The minimum absolute atomic E-state index is 0.